The third-order valence-corrected chi connectivity index (χ3v) is 4.46. The average Bonchev–Trinajstić information content (AvgIpc) is 3.50. The van der Waals surface area contributed by atoms with Crippen molar-refractivity contribution in [2.75, 3.05) is 0 Å². The molecule has 1 saturated carbocycles. The Morgan fingerprint density at radius 1 is 0.960 bits per heavy atom. The first-order chi connectivity index (χ1) is 12.2. The van der Waals surface area contributed by atoms with E-state index in [-0.39, 0.29) is 5.92 Å². The molecular formula is C18H15ClN4O2. The number of nitrogens with zero attached hydrogens (tertiary/aromatic N) is 4. The van der Waals surface area contributed by atoms with E-state index in [1.165, 1.54) is 12.5 Å². The van der Waals surface area contributed by atoms with Gasteiger partial charge < -0.3 is 9.84 Å². The summed E-state index contributed by atoms with van der Waals surface area (Å²) in [7, 11) is 0. The molecule has 3 heterocycles. The SMILES string of the molecule is OC(c1cncnc1)(c1ccc(Oc2ccc(Cl)nc2)cn1)C1CC1. The molecule has 0 amide bonds. The van der Waals surface area contributed by atoms with Gasteiger partial charge in [0.05, 0.1) is 18.1 Å². The molecule has 1 aliphatic carbocycles. The summed E-state index contributed by atoms with van der Waals surface area (Å²) in [6.45, 7) is 0. The summed E-state index contributed by atoms with van der Waals surface area (Å²) in [5.74, 6) is 1.24. The number of aliphatic hydroxyl groups is 1. The Balaban J connectivity index is 1.61. The number of hydrogen-bond acceptors (Lipinski definition) is 6. The van der Waals surface area contributed by atoms with Crippen molar-refractivity contribution in [2.24, 2.45) is 5.92 Å². The maximum absolute atomic E-state index is 11.3. The second kappa shape index (κ2) is 6.38. The van der Waals surface area contributed by atoms with Gasteiger partial charge in [-0.1, -0.05) is 11.6 Å². The van der Waals surface area contributed by atoms with Gasteiger partial charge in [0.15, 0.2) is 0 Å². The molecule has 0 bridgehead atoms. The predicted molar refractivity (Wildman–Crippen MR) is 91.3 cm³/mol. The van der Waals surface area contributed by atoms with E-state index < -0.39 is 5.60 Å². The molecule has 0 saturated heterocycles. The largest absolute Gasteiger partial charge is 0.454 e. The first kappa shape index (κ1) is 15.9. The highest BCUT2D eigenvalue weighted by Gasteiger charge is 2.48. The molecular weight excluding hydrogens is 340 g/mol. The Hall–Kier alpha value is -2.57. The standard InChI is InChI=1S/C18H15ClN4O2/c19-17-6-4-15(10-23-17)25-14-3-5-16(22-9-14)18(24,12-1-2-12)13-7-20-11-21-8-13/h3-12,24H,1-2H2. The van der Waals surface area contributed by atoms with Gasteiger partial charge >= 0.3 is 0 Å². The summed E-state index contributed by atoms with van der Waals surface area (Å²) >= 11 is 5.76. The van der Waals surface area contributed by atoms with E-state index in [0.717, 1.165) is 12.8 Å². The summed E-state index contributed by atoms with van der Waals surface area (Å²) in [6.07, 6.45) is 9.73. The minimum absolute atomic E-state index is 0.123. The highest BCUT2D eigenvalue weighted by molar-refractivity contribution is 6.29. The number of pyridine rings is 2. The topological polar surface area (TPSA) is 81.0 Å². The van der Waals surface area contributed by atoms with Crippen molar-refractivity contribution in [1.82, 2.24) is 19.9 Å². The molecule has 3 aromatic heterocycles. The zero-order chi connectivity index (χ0) is 17.3. The van der Waals surface area contributed by atoms with E-state index >= 15 is 0 Å². The van der Waals surface area contributed by atoms with E-state index in [9.17, 15) is 5.11 Å². The summed E-state index contributed by atoms with van der Waals surface area (Å²) in [6, 6.07) is 6.92. The summed E-state index contributed by atoms with van der Waals surface area (Å²) in [5.41, 5.74) is 0.0358. The van der Waals surface area contributed by atoms with Gasteiger partial charge in [-0.15, -0.1) is 0 Å². The van der Waals surface area contributed by atoms with Crippen molar-refractivity contribution >= 4 is 11.6 Å². The number of hydrogen-bond donors (Lipinski definition) is 1. The van der Waals surface area contributed by atoms with Gasteiger partial charge in [-0.3, -0.25) is 4.98 Å². The zero-order valence-corrected chi connectivity index (χ0v) is 14.0. The fraction of sp³-hybridized carbons (Fsp3) is 0.222. The Bertz CT molecular complexity index is 855. The van der Waals surface area contributed by atoms with Crippen LogP contribution in [-0.4, -0.2) is 25.0 Å². The van der Waals surface area contributed by atoms with Crippen LogP contribution in [0.4, 0.5) is 0 Å². The van der Waals surface area contributed by atoms with Crippen LogP contribution in [0.15, 0.2) is 55.4 Å². The fourth-order valence-corrected chi connectivity index (χ4v) is 2.93. The van der Waals surface area contributed by atoms with Crippen LogP contribution in [0.2, 0.25) is 5.15 Å². The van der Waals surface area contributed by atoms with E-state index in [1.54, 1.807) is 42.9 Å². The third-order valence-electron chi connectivity index (χ3n) is 4.23. The molecule has 1 atom stereocenters. The van der Waals surface area contributed by atoms with Crippen LogP contribution in [-0.2, 0) is 5.60 Å². The monoisotopic (exact) mass is 354 g/mol. The molecule has 6 nitrogen and oxygen atoms in total. The molecule has 1 fully saturated rings. The molecule has 3 aromatic rings. The van der Waals surface area contributed by atoms with Crippen LogP contribution in [0.3, 0.4) is 0 Å². The smallest absolute Gasteiger partial charge is 0.145 e. The Morgan fingerprint density at radius 2 is 1.64 bits per heavy atom. The lowest BCUT2D eigenvalue weighted by molar-refractivity contribution is 0.0511. The summed E-state index contributed by atoms with van der Waals surface area (Å²) in [4.78, 5) is 16.4. The Kier molecular flexibility index (Phi) is 4.07. The highest BCUT2D eigenvalue weighted by atomic mass is 35.5. The molecule has 1 unspecified atom stereocenters. The lowest BCUT2D eigenvalue weighted by Crippen LogP contribution is -2.31. The van der Waals surface area contributed by atoms with Crippen molar-refractivity contribution in [3.8, 4) is 11.5 Å². The minimum Gasteiger partial charge on any atom is -0.454 e. The summed E-state index contributed by atoms with van der Waals surface area (Å²) < 4.78 is 5.69. The lowest BCUT2D eigenvalue weighted by Gasteiger charge is -2.27. The quantitative estimate of drug-likeness (QED) is 0.707. The average molecular weight is 355 g/mol. The Labute approximate surface area is 149 Å². The normalized spacial score (nSPS) is 16.2. The van der Waals surface area contributed by atoms with E-state index in [4.69, 9.17) is 16.3 Å². The predicted octanol–water partition coefficient (Wildman–Crippen LogP) is 3.36. The van der Waals surface area contributed by atoms with Crippen molar-refractivity contribution in [2.45, 2.75) is 18.4 Å². The van der Waals surface area contributed by atoms with Gasteiger partial charge in [0.1, 0.15) is 28.6 Å². The van der Waals surface area contributed by atoms with Crippen LogP contribution >= 0.6 is 11.6 Å². The van der Waals surface area contributed by atoms with Gasteiger partial charge in [0.25, 0.3) is 0 Å². The zero-order valence-electron chi connectivity index (χ0n) is 13.2. The Morgan fingerprint density at radius 3 is 2.20 bits per heavy atom. The maximum atomic E-state index is 11.3. The van der Waals surface area contributed by atoms with E-state index in [0.29, 0.717) is 27.9 Å². The highest BCUT2D eigenvalue weighted by Crippen LogP contribution is 2.48. The van der Waals surface area contributed by atoms with Crippen molar-refractivity contribution in [3.05, 3.63) is 71.8 Å². The molecule has 126 valence electrons. The van der Waals surface area contributed by atoms with Crippen molar-refractivity contribution in [1.29, 1.82) is 0 Å². The van der Waals surface area contributed by atoms with Crippen LogP contribution in [0.1, 0.15) is 24.1 Å². The van der Waals surface area contributed by atoms with Crippen LogP contribution in [0, 0.1) is 5.92 Å². The minimum atomic E-state index is -1.18. The van der Waals surface area contributed by atoms with Gasteiger partial charge in [-0.25, -0.2) is 15.0 Å². The van der Waals surface area contributed by atoms with Crippen LogP contribution in [0.25, 0.3) is 0 Å². The number of aromatic nitrogens is 4. The number of halogens is 1. The third kappa shape index (κ3) is 3.18. The van der Waals surface area contributed by atoms with Crippen molar-refractivity contribution in [3.63, 3.8) is 0 Å². The second-order valence-corrected chi connectivity index (χ2v) is 6.35. The molecule has 0 radical (unpaired) electrons. The first-order valence-electron chi connectivity index (χ1n) is 7.90. The molecule has 4 rings (SSSR count). The molecule has 0 spiro atoms. The fourth-order valence-electron chi connectivity index (χ4n) is 2.81. The summed E-state index contributed by atoms with van der Waals surface area (Å²) in [5, 5.41) is 11.7. The molecule has 25 heavy (non-hydrogen) atoms. The van der Waals surface area contributed by atoms with Gasteiger partial charge in [-0.05, 0) is 43.0 Å². The van der Waals surface area contributed by atoms with E-state index in [2.05, 4.69) is 19.9 Å². The van der Waals surface area contributed by atoms with Crippen LogP contribution in [0.5, 0.6) is 11.5 Å². The van der Waals surface area contributed by atoms with Gasteiger partial charge in [0, 0.05) is 18.0 Å². The number of rotatable bonds is 5. The first-order valence-corrected chi connectivity index (χ1v) is 8.28. The molecule has 0 aromatic carbocycles. The van der Waals surface area contributed by atoms with Gasteiger partial charge in [-0.2, -0.15) is 0 Å². The van der Waals surface area contributed by atoms with Crippen LogP contribution < -0.4 is 4.74 Å². The number of ether oxygens (including phenoxy) is 1. The molecule has 7 heteroatoms. The molecule has 1 aliphatic rings. The second-order valence-electron chi connectivity index (χ2n) is 5.97. The molecule has 0 aliphatic heterocycles. The lowest BCUT2D eigenvalue weighted by atomic mass is 9.87. The van der Waals surface area contributed by atoms with E-state index in [1.807, 2.05) is 0 Å². The van der Waals surface area contributed by atoms with Gasteiger partial charge in [0.2, 0.25) is 0 Å². The molecule has 1 N–H and O–H groups in total. The maximum Gasteiger partial charge on any atom is 0.145 e. The van der Waals surface area contributed by atoms with Crippen molar-refractivity contribution < 1.29 is 9.84 Å².